The number of nitrogens with one attached hydrogen (secondary N) is 1. The Labute approximate surface area is 115 Å². The van der Waals surface area contributed by atoms with Crippen LogP contribution in [0.5, 0.6) is 0 Å². The van der Waals surface area contributed by atoms with Crippen molar-refractivity contribution in [2.75, 3.05) is 13.1 Å². The summed E-state index contributed by atoms with van der Waals surface area (Å²) in [7, 11) is 0. The van der Waals surface area contributed by atoms with Crippen LogP contribution >= 0.6 is 0 Å². The lowest BCUT2D eigenvalue weighted by atomic mass is 9.96. The van der Waals surface area contributed by atoms with Gasteiger partial charge in [-0.2, -0.15) is 0 Å². The summed E-state index contributed by atoms with van der Waals surface area (Å²) in [6.07, 6.45) is 6.05. The van der Waals surface area contributed by atoms with E-state index in [1.165, 1.54) is 19.3 Å². The minimum atomic E-state index is -0.963. The van der Waals surface area contributed by atoms with E-state index >= 15 is 0 Å². The predicted molar refractivity (Wildman–Crippen MR) is 74.1 cm³/mol. The van der Waals surface area contributed by atoms with Gasteiger partial charge in [0.15, 0.2) is 0 Å². The Kier molecular flexibility index (Phi) is 6.67. The molecule has 110 valence electrons. The molecule has 2 atom stereocenters. The number of hydrogen-bond acceptors (Lipinski definition) is 2. The quantitative estimate of drug-likeness (QED) is 0.806. The molecule has 1 unspecified atom stereocenters. The number of urea groups is 1. The molecule has 0 saturated carbocycles. The maximum absolute atomic E-state index is 12.0. The third-order valence-corrected chi connectivity index (χ3v) is 3.84. The predicted octanol–water partition coefficient (Wildman–Crippen LogP) is 2.46. The first-order valence-corrected chi connectivity index (χ1v) is 7.36. The van der Waals surface area contributed by atoms with E-state index in [-0.39, 0.29) is 6.03 Å². The second-order valence-corrected chi connectivity index (χ2v) is 5.32. The molecule has 0 aromatic rings. The van der Waals surface area contributed by atoms with Gasteiger partial charge in [-0.05, 0) is 31.6 Å². The van der Waals surface area contributed by atoms with Gasteiger partial charge in [0.25, 0.3) is 0 Å². The summed E-state index contributed by atoms with van der Waals surface area (Å²) < 4.78 is 0. The number of aliphatic carboxylic acids is 1. The van der Waals surface area contributed by atoms with E-state index in [9.17, 15) is 9.59 Å². The zero-order valence-electron chi connectivity index (χ0n) is 12.0. The average molecular weight is 270 g/mol. The highest BCUT2D eigenvalue weighted by Gasteiger charge is 2.24. The van der Waals surface area contributed by atoms with Crippen LogP contribution in [0.3, 0.4) is 0 Å². The Hall–Kier alpha value is -1.26. The van der Waals surface area contributed by atoms with Gasteiger partial charge in [-0.3, -0.25) is 0 Å². The lowest BCUT2D eigenvalue weighted by Gasteiger charge is -2.23. The molecule has 0 aromatic heterocycles. The normalized spacial score (nSPS) is 21.6. The number of hydrogen-bond donors (Lipinski definition) is 2. The van der Waals surface area contributed by atoms with Crippen LogP contribution in [0.15, 0.2) is 0 Å². The van der Waals surface area contributed by atoms with E-state index in [0.717, 1.165) is 25.9 Å². The molecule has 5 nitrogen and oxygen atoms in total. The highest BCUT2D eigenvalue weighted by Crippen LogP contribution is 2.21. The number of carbonyl (C=O) groups is 2. The third-order valence-electron chi connectivity index (χ3n) is 3.84. The van der Waals surface area contributed by atoms with Gasteiger partial charge in [0.05, 0.1) is 0 Å². The Morgan fingerprint density at radius 3 is 2.63 bits per heavy atom. The zero-order valence-corrected chi connectivity index (χ0v) is 12.0. The van der Waals surface area contributed by atoms with Crippen LogP contribution in [-0.4, -0.2) is 41.1 Å². The Morgan fingerprint density at radius 2 is 2.05 bits per heavy atom. The largest absolute Gasteiger partial charge is 0.480 e. The van der Waals surface area contributed by atoms with E-state index in [1.54, 1.807) is 11.8 Å². The van der Waals surface area contributed by atoms with E-state index in [0.29, 0.717) is 12.3 Å². The number of likely N-dealkylation sites (tertiary alicyclic amines) is 1. The highest BCUT2D eigenvalue weighted by molar-refractivity contribution is 5.82. The van der Waals surface area contributed by atoms with E-state index in [1.807, 2.05) is 0 Å². The Morgan fingerprint density at radius 1 is 1.32 bits per heavy atom. The SMILES string of the molecule is CCCC1CCCN(C(=O)N[C@@H](CC)C(=O)O)CC1. The number of rotatable bonds is 5. The third kappa shape index (κ3) is 5.09. The summed E-state index contributed by atoms with van der Waals surface area (Å²) in [6, 6.07) is -1.01. The molecule has 0 aromatic carbocycles. The second-order valence-electron chi connectivity index (χ2n) is 5.32. The first kappa shape index (κ1) is 15.8. The number of nitrogens with zero attached hydrogens (tertiary/aromatic N) is 1. The molecule has 1 rings (SSSR count). The molecule has 0 bridgehead atoms. The van der Waals surface area contributed by atoms with E-state index in [4.69, 9.17) is 5.11 Å². The van der Waals surface area contributed by atoms with E-state index < -0.39 is 12.0 Å². The Bertz CT molecular complexity index is 307. The lowest BCUT2D eigenvalue weighted by molar-refractivity contribution is -0.139. The molecule has 1 fully saturated rings. The average Bonchev–Trinajstić information content (AvgIpc) is 2.61. The fraction of sp³-hybridized carbons (Fsp3) is 0.857. The molecule has 1 aliphatic rings. The van der Waals surface area contributed by atoms with Gasteiger partial charge in [-0.25, -0.2) is 9.59 Å². The summed E-state index contributed by atoms with van der Waals surface area (Å²) in [5.74, 6) is -0.251. The summed E-state index contributed by atoms with van der Waals surface area (Å²) in [6.45, 7) is 5.43. The molecule has 19 heavy (non-hydrogen) atoms. The summed E-state index contributed by atoms with van der Waals surface area (Å²) in [5.41, 5.74) is 0. The van der Waals surface area contributed by atoms with Crippen molar-refractivity contribution in [3.05, 3.63) is 0 Å². The molecule has 2 N–H and O–H groups in total. The van der Waals surface area contributed by atoms with Crippen molar-refractivity contribution in [2.24, 2.45) is 5.92 Å². The van der Waals surface area contributed by atoms with Crippen molar-refractivity contribution in [1.82, 2.24) is 10.2 Å². The molecule has 5 heteroatoms. The highest BCUT2D eigenvalue weighted by atomic mass is 16.4. The van der Waals surface area contributed by atoms with Crippen LogP contribution in [0.2, 0.25) is 0 Å². The van der Waals surface area contributed by atoms with Gasteiger partial charge in [0, 0.05) is 13.1 Å². The van der Waals surface area contributed by atoms with Gasteiger partial charge in [0.2, 0.25) is 0 Å². The van der Waals surface area contributed by atoms with Crippen molar-refractivity contribution in [2.45, 2.75) is 58.4 Å². The number of amides is 2. The first-order valence-electron chi connectivity index (χ1n) is 7.36. The fourth-order valence-corrected chi connectivity index (χ4v) is 2.64. The maximum atomic E-state index is 12.0. The summed E-state index contributed by atoms with van der Waals surface area (Å²) in [4.78, 5) is 24.7. The van der Waals surface area contributed by atoms with Gasteiger partial charge in [-0.1, -0.05) is 26.7 Å². The van der Waals surface area contributed by atoms with Crippen molar-refractivity contribution in [3.8, 4) is 0 Å². The standard InChI is InChI=1S/C14H26N2O3/c1-3-6-11-7-5-9-16(10-8-11)14(19)15-12(4-2)13(17)18/h11-12H,3-10H2,1-2H3,(H,15,19)(H,17,18)/t11?,12-/m0/s1. The van der Waals surface area contributed by atoms with Gasteiger partial charge in [-0.15, -0.1) is 0 Å². The van der Waals surface area contributed by atoms with Crippen LogP contribution in [-0.2, 0) is 4.79 Å². The fourth-order valence-electron chi connectivity index (χ4n) is 2.64. The van der Waals surface area contributed by atoms with Gasteiger partial charge in [0.1, 0.15) is 6.04 Å². The van der Waals surface area contributed by atoms with Crippen molar-refractivity contribution >= 4 is 12.0 Å². The molecular weight excluding hydrogens is 244 g/mol. The molecule has 0 aliphatic carbocycles. The van der Waals surface area contributed by atoms with Crippen molar-refractivity contribution < 1.29 is 14.7 Å². The van der Waals surface area contributed by atoms with Crippen molar-refractivity contribution in [3.63, 3.8) is 0 Å². The van der Waals surface area contributed by atoms with Crippen LogP contribution in [0.4, 0.5) is 4.79 Å². The molecular formula is C14H26N2O3. The minimum absolute atomic E-state index is 0.230. The van der Waals surface area contributed by atoms with Crippen molar-refractivity contribution in [1.29, 1.82) is 0 Å². The smallest absolute Gasteiger partial charge is 0.326 e. The second kappa shape index (κ2) is 8.02. The number of carboxylic acids is 1. The number of carboxylic acid groups (broad SMARTS) is 1. The molecule has 1 heterocycles. The summed E-state index contributed by atoms with van der Waals surface area (Å²) in [5, 5.41) is 11.6. The van der Waals surface area contributed by atoms with Gasteiger partial charge < -0.3 is 15.3 Å². The number of carbonyl (C=O) groups excluding carboxylic acids is 1. The monoisotopic (exact) mass is 270 g/mol. The Balaban J connectivity index is 2.46. The van der Waals surface area contributed by atoms with E-state index in [2.05, 4.69) is 12.2 Å². The van der Waals surface area contributed by atoms with Gasteiger partial charge >= 0.3 is 12.0 Å². The molecule has 0 radical (unpaired) electrons. The molecule has 0 spiro atoms. The van der Waals surface area contributed by atoms with Crippen LogP contribution in [0.25, 0.3) is 0 Å². The minimum Gasteiger partial charge on any atom is -0.480 e. The first-order chi connectivity index (χ1) is 9.08. The molecule has 1 saturated heterocycles. The van der Waals surface area contributed by atoms with Crippen LogP contribution < -0.4 is 5.32 Å². The summed E-state index contributed by atoms with van der Waals surface area (Å²) >= 11 is 0. The zero-order chi connectivity index (χ0) is 14.3. The van der Waals surface area contributed by atoms with Crippen LogP contribution in [0.1, 0.15) is 52.4 Å². The molecule has 1 aliphatic heterocycles. The van der Waals surface area contributed by atoms with Crippen LogP contribution in [0, 0.1) is 5.92 Å². The topological polar surface area (TPSA) is 69.6 Å². The maximum Gasteiger partial charge on any atom is 0.326 e. The molecule has 2 amide bonds. The lowest BCUT2D eigenvalue weighted by Crippen LogP contribution is -2.48.